The lowest BCUT2D eigenvalue weighted by Gasteiger charge is -2.21. The largest absolute Gasteiger partial charge is 0.378 e. The molecule has 1 amide bonds. The van der Waals surface area contributed by atoms with E-state index in [4.69, 9.17) is 4.74 Å². The smallest absolute Gasteiger partial charge is 0.254 e. The fraction of sp³-hybridized carbons (Fsp3) is 0.571. The highest BCUT2D eigenvalue weighted by atomic mass is 16.5. The van der Waals surface area contributed by atoms with Crippen LogP contribution in [0.15, 0.2) is 30.6 Å². The van der Waals surface area contributed by atoms with Crippen LogP contribution < -0.4 is 5.32 Å². The molecule has 0 spiro atoms. The van der Waals surface area contributed by atoms with Gasteiger partial charge in [0.2, 0.25) is 0 Å². The van der Waals surface area contributed by atoms with Crippen molar-refractivity contribution in [2.75, 3.05) is 13.2 Å². The van der Waals surface area contributed by atoms with Gasteiger partial charge in [-0.15, -0.1) is 0 Å². The Hall–Kier alpha value is -2.21. The van der Waals surface area contributed by atoms with E-state index >= 15 is 0 Å². The zero-order chi connectivity index (χ0) is 19.1. The molecule has 2 aromatic rings. The third-order valence-corrected chi connectivity index (χ3v) is 4.98. The third-order valence-electron chi connectivity index (χ3n) is 4.98. The van der Waals surface area contributed by atoms with Gasteiger partial charge in [-0.05, 0) is 37.3 Å². The van der Waals surface area contributed by atoms with Crippen LogP contribution in [-0.2, 0) is 4.74 Å². The second kappa shape index (κ2) is 9.65. The van der Waals surface area contributed by atoms with Crippen molar-refractivity contribution in [3.63, 3.8) is 0 Å². The molecule has 1 aliphatic carbocycles. The lowest BCUT2D eigenvalue weighted by Crippen LogP contribution is -2.27. The van der Waals surface area contributed by atoms with Crippen molar-refractivity contribution in [1.82, 2.24) is 20.1 Å². The quantitative estimate of drug-likeness (QED) is 0.717. The molecule has 0 unspecified atom stereocenters. The molecule has 0 atom stereocenters. The highest BCUT2D eigenvalue weighted by Gasteiger charge is 2.21. The van der Waals surface area contributed by atoms with E-state index in [0.717, 1.165) is 17.9 Å². The van der Waals surface area contributed by atoms with E-state index in [1.807, 2.05) is 18.2 Å². The fourth-order valence-corrected chi connectivity index (χ4v) is 3.60. The molecule has 2 heterocycles. The maximum Gasteiger partial charge on any atom is 0.254 e. The van der Waals surface area contributed by atoms with Crippen LogP contribution in [0.2, 0.25) is 0 Å². The Kier molecular flexibility index (Phi) is 6.98. The Morgan fingerprint density at radius 3 is 2.81 bits per heavy atom. The minimum absolute atomic E-state index is 0.0847. The van der Waals surface area contributed by atoms with Crippen LogP contribution >= 0.6 is 0 Å². The molecule has 1 fully saturated rings. The highest BCUT2D eigenvalue weighted by Crippen LogP contribution is 2.22. The molecule has 0 saturated heterocycles. The Labute approximate surface area is 161 Å². The Balaban J connectivity index is 1.54. The molecule has 0 aromatic carbocycles. The highest BCUT2D eigenvalue weighted by molar-refractivity contribution is 5.95. The average molecular weight is 370 g/mol. The zero-order valence-corrected chi connectivity index (χ0v) is 16.4. The molecular formula is C21H30N4O2. The van der Waals surface area contributed by atoms with Crippen molar-refractivity contribution in [2.45, 2.75) is 64.4 Å². The summed E-state index contributed by atoms with van der Waals surface area (Å²) in [6.45, 7) is 5.43. The molecular weight excluding hydrogens is 340 g/mol. The van der Waals surface area contributed by atoms with E-state index in [-0.39, 0.29) is 11.8 Å². The molecule has 2 aromatic heterocycles. The number of carbonyl (C=O) groups excluding carboxylic acids is 1. The normalized spacial score (nSPS) is 15.2. The van der Waals surface area contributed by atoms with E-state index in [0.29, 0.717) is 24.8 Å². The first-order valence-electron chi connectivity index (χ1n) is 10.1. The van der Waals surface area contributed by atoms with Crippen LogP contribution in [0.1, 0.15) is 74.3 Å². The van der Waals surface area contributed by atoms with Crippen LogP contribution in [0.5, 0.6) is 0 Å². The SMILES string of the molecule is CC(C)c1c(C(=O)NCCCOC2CCCCC2)cnn1-c1ccccn1. The summed E-state index contributed by atoms with van der Waals surface area (Å²) in [5.41, 5.74) is 1.49. The van der Waals surface area contributed by atoms with Gasteiger partial charge in [0.1, 0.15) is 0 Å². The molecule has 1 aliphatic rings. The van der Waals surface area contributed by atoms with E-state index < -0.39 is 0 Å². The van der Waals surface area contributed by atoms with Crippen molar-refractivity contribution in [1.29, 1.82) is 0 Å². The summed E-state index contributed by atoms with van der Waals surface area (Å²) in [5.74, 6) is 0.796. The summed E-state index contributed by atoms with van der Waals surface area (Å²) in [7, 11) is 0. The van der Waals surface area contributed by atoms with Crippen molar-refractivity contribution >= 4 is 5.91 Å². The minimum atomic E-state index is -0.0847. The van der Waals surface area contributed by atoms with E-state index in [2.05, 4.69) is 29.2 Å². The molecule has 6 heteroatoms. The number of carbonyl (C=O) groups is 1. The van der Waals surface area contributed by atoms with Gasteiger partial charge in [-0.25, -0.2) is 9.67 Å². The predicted molar refractivity (Wildman–Crippen MR) is 105 cm³/mol. The Bertz CT molecular complexity index is 721. The standard InChI is InChI=1S/C21H30N4O2/c1-16(2)20-18(15-24-25(20)19-11-6-7-12-22-19)21(26)23-13-8-14-27-17-9-4-3-5-10-17/h6-7,11-12,15-17H,3-5,8-10,13-14H2,1-2H3,(H,23,26). The number of pyridine rings is 1. The van der Waals surface area contributed by atoms with Crippen LogP contribution in [0.4, 0.5) is 0 Å². The van der Waals surface area contributed by atoms with E-state index in [1.54, 1.807) is 17.1 Å². The number of aromatic nitrogens is 3. The predicted octanol–water partition coefficient (Wildman–Crippen LogP) is 3.86. The van der Waals surface area contributed by atoms with Gasteiger partial charge in [0, 0.05) is 19.3 Å². The molecule has 6 nitrogen and oxygen atoms in total. The number of amides is 1. The first-order chi connectivity index (χ1) is 13.2. The maximum absolute atomic E-state index is 12.7. The second-order valence-electron chi connectivity index (χ2n) is 7.44. The van der Waals surface area contributed by atoms with Crippen LogP contribution in [0.3, 0.4) is 0 Å². The van der Waals surface area contributed by atoms with Gasteiger partial charge in [0.15, 0.2) is 5.82 Å². The molecule has 146 valence electrons. The molecule has 3 rings (SSSR count). The lowest BCUT2D eigenvalue weighted by molar-refractivity contribution is 0.0273. The molecule has 1 saturated carbocycles. The summed E-state index contributed by atoms with van der Waals surface area (Å²) in [5, 5.41) is 7.41. The summed E-state index contributed by atoms with van der Waals surface area (Å²) in [6.07, 6.45) is 10.9. The number of hydrogen-bond acceptors (Lipinski definition) is 4. The summed E-state index contributed by atoms with van der Waals surface area (Å²) >= 11 is 0. The Morgan fingerprint density at radius 1 is 1.30 bits per heavy atom. The van der Waals surface area contributed by atoms with Crippen molar-refractivity contribution < 1.29 is 9.53 Å². The van der Waals surface area contributed by atoms with E-state index in [9.17, 15) is 4.79 Å². The molecule has 1 N–H and O–H groups in total. The van der Waals surface area contributed by atoms with Crippen LogP contribution in [-0.4, -0.2) is 39.9 Å². The minimum Gasteiger partial charge on any atom is -0.378 e. The second-order valence-corrected chi connectivity index (χ2v) is 7.44. The summed E-state index contributed by atoms with van der Waals surface area (Å²) in [4.78, 5) is 17.0. The van der Waals surface area contributed by atoms with Crippen molar-refractivity contribution in [3.05, 3.63) is 41.9 Å². The summed E-state index contributed by atoms with van der Waals surface area (Å²) in [6, 6.07) is 5.68. The van der Waals surface area contributed by atoms with Crippen molar-refractivity contribution in [2.24, 2.45) is 0 Å². The zero-order valence-electron chi connectivity index (χ0n) is 16.4. The molecule has 0 bridgehead atoms. The Morgan fingerprint density at radius 2 is 2.11 bits per heavy atom. The number of hydrogen-bond donors (Lipinski definition) is 1. The molecule has 27 heavy (non-hydrogen) atoms. The lowest BCUT2D eigenvalue weighted by atomic mass is 9.98. The number of ether oxygens (including phenoxy) is 1. The third kappa shape index (κ3) is 5.16. The molecule has 0 radical (unpaired) electrons. The number of nitrogens with zero attached hydrogens (tertiary/aromatic N) is 3. The van der Waals surface area contributed by atoms with Crippen molar-refractivity contribution in [3.8, 4) is 5.82 Å². The van der Waals surface area contributed by atoms with E-state index in [1.165, 1.54) is 32.1 Å². The number of nitrogens with one attached hydrogen (secondary N) is 1. The molecule has 0 aliphatic heterocycles. The monoisotopic (exact) mass is 370 g/mol. The maximum atomic E-state index is 12.7. The fourth-order valence-electron chi connectivity index (χ4n) is 3.60. The van der Waals surface area contributed by atoms with Gasteiger partial charge in [0.05, 0.1) is 23.6 Å². The summed E-state index contributed by atoms with van der Waals surface area (Å²) < 4.78 is 7.67. The van der Waals surface area contributed by atoms with Gasteiger partial charge in [-0.1, -0.05) is 39.2 Å². The van der Waals surface area contributed by atoms with Crippen LogP contribution in [0, 0.1) is 0 Å². The first kappa shape index (κ1) is 19.5. The topological polar surface area (TPSA) is 69.0 Å². The van der Waals surface area contributed by atoms with Crippen LogP contribution in [0.25, 0.3) is 5.82 Å². The van der Waals surface area contributed by atoms with Gasteiger partial charge < -0.3 is 10.1 Å². The average Bonchev–Trinajstić information content (AvgIpc) is 3.15. The van der Waals surface area contributed by atoms with Gasteiger partial charge in [-0.3, -0.25) is 4.79 Å². The van der Waals surface area contributed by atoms with Gasteiger partial charge in [0.25, 0.3) is 5.91 Å². The van der Waals surface area contributed by atoms with Gasteiger partial charge >= 0.3 is 0 Å². The number of rotatable bonds is 8. The first-order valence-corrected chi connectivity index (χ1v) is 10.1. The van der Waals surface area contributed by atoms with Gasteiger partial charge in [-0.2, -0.15) is 5.10 Å².